The number of hydrogen-bond donors (Lipinski definition) is 1. The van der Waals surface area contributed by atoms with Crippen molar-refractivity contribution in [3.63, 3.8) is 0 Å². The SMILES string of the molecule is CC(C)c1ccc2c(c1)C1CC1C(c1cnc(C(C)C)[nH]1)=C2.[HH]. The van der Waals surface area contributed by atoms with E-state index in [9.17, 15) is 0 Å². The molecule has 2 aromatic rings. The molecule has 2 aliphatic carbocycles. The molecule has 1 heterocycles. The number of imidazole rings is 1. The summed E-state index contributed by atoms with van der Waals surface area (Å²) in [7, 11) is 0. The molecule has 22 heavy (non-hydrogen) atoms. The third-order valence-electron chi connectivity index (χ3n) is 5.13. The van der Waals surface area contributed by atoms with E-state index in [1.807, 2.05) is 6.20 Å². The Labute approximate surface area is 134 Å². The summed E-state index contributed by atoms with van der Waals surface area (Å²) in [5.41, 5.74) is 7.09. The number of nitrogens with zero attached hydrogens (tertiary/aromatic N) is 1. The summed E-state index contributed by atoms with van der Waals surface area (Å²) in [6.07, 6.45) is 5.69. The molecule has 0 saturated heterocycles. The Morgan fingerprint density at radius 2 is 1.95 bits per heavy atom. The van der Waals surface area contributed by atoms with Crippen LogP contribution in [0.25, 0.3) is 11.6 Å². The second kappa shape index (κ2) is 4.84. The number of hydrogen-bond acceptors (Lipinski definition) is 1. The van der Waals surface area contributed by atoms with Crippen LogP contribution in [0.1, 0.15) is 81.5 Å². The van der Waals surface area contributed by atoms with Crippen LogP contribution in [0.5, 0.6) is 0 Å². The number of rotatable bonds is 3. The van der Waals surface area contributed by atoms with Gasteiger partial charge in [0.05, 0.1) is 11.9 Å². The normalized spacial score (nSPS) is 22.5. The van der Waals surface area contributed by atoms with Crippen LogP contribution in [-0.4, -0.2) is 9.97 Å². The predicted molar refractivity (Wildman–Crippen MR) is 94.0 cm³/mol. The second-order valence-electron chi connectivity index (χ2n) is 7.43. The number of aromatic amines is 1. The van der Waals surface area contributed by atoms with Gasteiger partial charge in [0.2, 0.25) is 0 Å². The van der Waals surface area contributed by atoms with Crippen LogP contribution < -0.4 is 0 Å². The number of H-pyrrole nitrogens is 1. The van der Waals surface area contributed by atoms with Crippen LogP contribution in [0.3, 0.4) is 0 Å². The van der Waals surface area contributed by atoms with Crippen molar-refractivity contribution < 1.29 is 1.43 Å². The molecule has 2 unspecified atom stereocenters. The van der Waals surface area contributed by atoms with Gasteiger partial charge in [-0.2, -0.15) is 0 Å². The molecule has 1 aromatic heterocycles. The lowest BCUT2D eigenvalue weighted by atomic mass is 9.88. The van der Waals surface area contributed by atoms with Crippen molar-refractivity contribution in [2.24, 2.45) is 5.92 Å². The third kappa shape index (κ3) is 2.13. The fraction of sp³-hybridized carbons (Fsp3) is 0.450. The van der Waals surface area contributed by atoms with Crippen molar-refractivity contribution in [3.05, 3.63) is 52.6 Å². The van der Waals surface area contributed by atoms with Crippen LogP contribution in [0.15, 0.2) is 24.4 Å². The fourth-order valence-corrected chi connectivity index (χ4v) is 3.62. The lowest BCUT2D eigenvalue weighted by molar-refractivity contribution is 0.792. The van der Waals surface area contributed by atoms with E-state index in [0.717, 1.165) is 11.7 Å². The molecule has 1 saturated carbocycles. The number of benzene rings is 1. The van der Waals surface area contributed by atoms with Crippen molar-refractivity contribution >= 4 is 11.6 Å². The predicted octanol–water partition coefficient (Wildman–Crippen LogP) is 5.56. The first-order valence-corrected chi connectivity index (χ1v) is 8.45. The van der Waals surface area contributed by atoms with Crippen LogP contribution >= 0.6 is 0 Å². The van der Waals surface area contributed by atoms with Gasteiger partial charge in [-0.15, -0.1) is 0 Å². The Morgan fingerprint density at radius 3 is 2.64 bits per heavy atom. The van der Waals surface area contributed by atoms with E-state index >= 15 is 0 Å². The second-order valence-corrected chi connectivity index (χ2v) is 7.43. The van der Waals surface area contributed by atoms with Crippen LogP contribution in [-0.2, 0) is 0 Å². The Kier molecular flexibility index (Phi) is 3.04. The lowest BCUT2D eigenvalue weighted by Crippen LogP contribution is -2.01. The summed E-state index contributed by atoms with van der Waals surface area (Å²) in [6.45, 7) is 8.91. The molecule has 0 bridgehead atoms. The Morgan fingerprint density at radius 1 is 1.14 bits per heavy atom. The first kappa shape index (κ1) is 13.8. The third-order valence-corrected chi connectivity index (χ3v) is 5.13. The summed E-state index contributed by atoms with van der Waals surface area (Å²) >= 11 is 0. The molecular formula is C20H26N2. The van der Waals surface area contributed by atoms with Gasteiger partial charge in [-0.05, 0) is 52.5 Å². The van der Waals surface area contributed by atoms with E-state index in [4.69, 9.17) is 0 Å². The maximum Gasteiger partial charge on any atom is 0.109 e. The summed E-state index contributed by atoms with van der Waals surface area (Å²) < 4.78 is 0. The standard InChI is InChI=1S/C20H24N2.H2/c1-11(2)13-5-6-14-8-18(17-9-16(17)15(14)7-13)19-10-21-20(22-19)12(3)4;/h5-8,10-12,16-17H,9H2,1-4H3,(H,21,22);1H. The minimum absolute atomic E-state index is 0. The fourth-order valence-electron chi connectivity index (χ4n) is 3.62. The summed E-state index contributed by atoms with van der Waals surface area (Å²) in [6, 6.07) is 7.02. The monoisotopic (exact) mass is 294 g/mol. The molecule has 0 spiro atoms. The highest BCUT2D eigenvalue weighted by Gasteiger charge is 2.45. The lowest BCUT2D eigenvalue weighted by Gasteiger charge is -2.17. The van der Waals surface area contributed by atoms with Gasteiger partial charge in [-0.25, -0.2) is 4.98 Å². The van der Waals surface area contributed by atoms with Crippen LogP contribution in [0.2, 0.25) is 0 Å². The van der Waals surface area contributed by atoms with Gasteiger partial charge in [0.1, 0.15) is 5.82 Å². The van der Waals surface area contributed by atoms with Gasteiger partial charge >= 0.3 is 0 Å². The molecule has 2 atom stereocenters. The molecule has 0 amide bonds. The topological polar surface area (TPSA) is 28.7 Å². The first-order chi connectivity index (χ1) is 10.5. The van der Waals surface area contributed by atoms with Crippen LogP contribution in [0.4, 0.5) is 0 Å². The average molecular weight is 294 g/mol. The van der Waals surface area contributed by atoms with Gasteiger partial charge in [0, 0.05) is 7.34 Å². The summed E-state index contributed by atoms with van der Waals surface area (Å²) in [4.78, 5) is 8.06. The molecule has 2 nitrogen and oxygen atoms in total. The summed E-state index contributed by atoms with van der Waals surface area (Å²) in [5.74, 6) is 3.56. The van der Waals surface area contributed by atoms with Crippen molar-refractivity contribution in [1.82, 2.24) is 9.97 Å². The van der Waals surface area contributed by atoms with Crippen molar-refractivity contribution in [3.8, 4) is 0 Å². The molecule has 2 aliphatic rings. The van der Waals surface area contributed by atoms with Gasteiger partial charge in [-0.3, -0.25) is 0 Å². The van der Waals surface area contributed by atoms with E-state index < -0.39 is 0 Å². The van der Waals surface area contributed by atoms with E-state index in [2.05, 4.69) is 61.9 Å². The highest BCUT2D eigenvalue weighted by atomic mass is 14.9. The van der Waals surface area contributed by atoms with Crippen molar-refractivity contribution in [2.75, 3.05) is 0 Å². The maximum absolute atomic E-state index is 4.54. The van der Waals surface area contributed by atoms with E-state index in [-0.39, 0.29) is 1.43 Å². The van der Waals surface area contributed by atoms with Gasteiger partial charge in [-0.1, -0.05) is 45.9 Å². The van der Waals surface area contributed by atoms with Gasteiger partial charge < -0.3 is 4.98 Å². The molecule has 4 rings (SSSR count). The van der Waals surface area contributed by atoms with Gasteiger partial charge in [0.15, 0.2) is 0 Å². The van der Waals surface area contributed by atoms with Crippen molar-refractivity contribution in [1.29, 1.82) is 0 Å². The van der Waals surface area contributed by atoms with Crippen molar-refractivity contribution in [2.45, 2.75) is 51.9 Å². The highest BCUT2D eigenvalue weighted by molar-refractivity contribution is 5.87. The molecule has 2 heteroatoms. The number of fused-ring (bicyclic) bond motifs is 3. The minimum Gasteiger partial charge on any atom is -0.342 e. The minimum atomic E-state index is 0. The van der Waals surface area contributed by atoms with Gasteiger partial charge in [0.25, 0.3) is 0 Å². The molecule has 0 radical (unpaired) electrons. The zero-order chi connectivity index (χ0) is 15.4. The largest absolute Gasteiger partial charge is 0.342 e. The Balaban J connectivity index is 0.00000156. The zero-order valence-corrected chi connectivity index (χ0v) is 13.9. The molecule has 0 aliphatic heterocycles. The molecule has 1 aromatic carbocycles. The van der Waals surface area contributed by atoms with E-state index in [0.29, 0.717) is 17.8 Å². The Hall–Kier alpha value is -1.83. The smallest absolute Gasteiger partial charge is 0.109 e. The number of nitrogens with one attached hydrogen (secondary N) is 1. The maximum atomic E-state index is 4.54. The molecule has 1 N–H and O–H groups in total. The molecule has 116 valence electrons. The first-order valence-electron chi connectivity index (χ1n) is 8.45. The summed E-state index contributed by atoms with van der Waals surface area (Å²) in [5, 5.41) is 0. The number of allylic oxidation sites excluding steroid dienone is 1. The Bertz CT molecular complexity index is 755. The van der Waals surface area contributed by atoms with E-state index in [1.54, 1.807) is 5.56 Å². The quantitative estimate of drug-likeness (QED) is 0.788. The van der Waals surface area contributed by atoms with Crippen LogP contribution in [0, 0.1) is 5.92 Å². The molecular weight excluding hydrogens is 268 g/mol. The average Bonchev–Trinajstić information content (AvgIpc) is 3.14. The number of aromatic nitrogens is 2. The highest BCUT2D eigenvalue weighted by Crippen LogP contribution is 2.59. The zero-order valence-electron chi connectivity index (χ0n) is 13.9. The molecule has 1 fully saturated rings. The van der Waals surface area contributed by atoms with E-state index in [1.165, 1.54) is 28.8 Å².